The van der Waals surface area contributed by atoms with Gasteiger partial charge in [-0.3, -0.25) is 9.59 Å². The number of hydrogen-bond acceptors (Lipinski definition) is 2. The molecule has 1 saturated heterocycles. The molecule has 1 aromatic carbocycles. The average molecular weight is 286 g/mol. The molecule has 0 aliphatic carbocycles. The lowest BCUT2D eigenvalue weighted by atomic mass is 10.1. The van der Waals surface area contributed by atoms with Gasteiger partial charge in [-0.05, 0) is 24.6 Å². The van der Waals surface area contributed by atoms with Crippen molar-refractivity contribution in [1.82, 2.24) is 10.6 Å². The average Bonchev–Trinajstić information content (AvgIpc) is 2.40. The smallest absolute Gasteiger partial charge is 0.354 e. The Morgan fingerprint density at radius 2 is 2.10 bits per heavy atom. The van der Waals surface area contributed by atoms with E-state index in [0.29, 0.717) is 19.4 Å². The summed E-state index contributed by atoms with van der Waals surface area (Å²) in [5.74, 6) is -0.660. The van der Waals surface area contributed by atoms with Crippen LogP contribution in [0, 0.1) is 0 Å². The molecule has 0 spiro atoms. The predicted molar refractivity (Wildman–Crippen MR) is 64.9 cm³/mol. The fourth-order valence-electron chi connectivity index (χ4n) is 1.96. The van der Waals surface area contributed by atoms with E-state index in [2.05, 4.69) is 10.6 Å². The van der Waals surface area contributed by atoms with Gasteiger partial charge in [0.15, 0.2) is 0 Å². The molecule has 1 aliphatic rings. The van der Waals surface area contributed by atoms with Gasteiger partial charge < -0.3 is 10.6 Å². The second-order valence-electron chi connectivity index (χ2n) is 4.59. The molecular formula is C13H13F3N2O2. The van der Waals surface area contributed by atoms with Crippen molar-refractivity contribution in [2.45, 2.75) is 25.1 Å². The number of carbonyl (C=O) groups excluding carboxylic acids is 2. The van der Waals surface area contributed by atoms with Gasteiger partial charge >= 0.3 is 6.18 Å². The molecule has 2 rings (SSSR count). The fraction of sp³-hybridized carbons (Fsp3) is 0.385. The summed E-state index contributed by atoms with van der Waals surface area (Å²) in [5.41, 5.74) is -0.904. The lowest BCUT2D eigenvalue weighted by Crippen LogP contribution is -2.47. The van der Waals surface area contributed by atoms with Gasteiger partial charge in [-0.15, -0.1) is 0 Å². The third-order valence-electron chi connectivity index (χ3n) is 3.05. The van der Waals surface area contributed by atoms with E-state index in [0.717, 1.165) is 12.1 Å². The first-order valence-electron chi connectivity index (χ1n) is 6.11. The van der Waals surface area contributed by atoms with Crippen molar-refractivity contribution in [3.8, 4) is 0 Å². The second-order valence-corrected chi connectivity index (χ2v) is 4.59. The molecule has 0 aromatic heterocycles. The van der Waals surface area contributed by atoms with E-state index in [1.807, 2.05) is 0 Å². The molecule has 1 unspecified atom stereocenters. The molecule has 20 heavy (non-hydrogen) atoms. The topological polar surface area (TPSA) is 58.2 Å². The Morgan fingerprint density at radius 3 is 2.70 bits per heavy atom. The van der Waals surface area contributed by atoms with Crippen LogP contribution in [0.15, 0.2) is 24.3 Å². The quantitative estimate of drug-likeness (QED) is 0.869. The van der Waals surface area contributed by atoms with Crippen LogP contribution in [0.25, 0.3) is 0 Å². The van der Waals surface area contributed by atoms with Crippen molar-refractivity contribution < 1.29 is 22.8 Å². The van der Waals surface area contributed by atoms with Crippen molar-refractivity contribution in [2.75, 3.05) is 6.54 Å². The van der Waals surface area contributed by atoms with E-state index in [1.54, 1.807) is 0 Å². The SMILES string of the molecule is O=C1CCC(NC(=O)c2cccc(C(F)(F)F)c2)CN1. The Hall–Kier alpha value is -2.05. The third kappa shape index (κ3) is 3.49. The van der Waals surface area contributed by atoms with Gasteiger partial charge in [-0.25, -0.2) is 0 Å². The van der Waals surface area contributed by atoms with Gasteiger partial charge in [0, 0.05) is 24.6 Å². The van der Waals surface area contributed by atoms with Gasteiger partial charge in [-0.2, -0.15) is 13.2 Å². The van der Waals surface area contributed by atoms with Crippen LogP contribution in [0.2, 0.25) is 0 Å². The number of rotatable bonds is 2. The van der Waals surface area contributed by atoms with Crippen molar-refractivity contribution in [1.29, 1.82) is 0 Å². The molecule has 2 N–H and O–H groups in total. The summed E-state index contributed by atoms with van der Waals surface area (Å²) < 4.78 is 37.7. The summed E-state index contributed by atoms with van der Waals surface area (Å²) in [6.45, 7) is 0.295. The highest BCUT2D eigenvalue weighted by molar-refractivity contribution is 5.94. The zero-order valence-corrected chi connectivity index (χ0v) is 10.5. The molecule has 2 amide bonds. The molecular weight excluding hydrogens is 273 g/mol. The van der Waals surface area contributed by atoms with Gasteiger partial charge in [0.25, 0.3) is 5.91 Å². The molecule has 0 bridgehead atoms. The van der Waals surface area contributed by atoms with Crippen LogP contribution in [0.1, 0.15) is 28.8 Å². The minimum Gasteiger partial charge on any atom is -0.354 e. The Balaban J connectivity index is 2.04. The Bertz CT molecular complexity index is 519. The third-order valence-corrected chi connectivity index (χ3v) is 3.05. The van der Waals surface area contributed by atoms with Crippen LogP contribution in [0.4, 0.5) is 13.2 Å². The zero-order chi connectivity index (χ0) is 14.8. The molecule has 7 heteroatoms. The van der Waals surface area contributed by atoms with Crippen molar-refractivity contribution in [2.24, 2.45) is 0 Å². The lowest BCUT2D eigenvalue weighted by molar-refractivity contribution is -0.137. The Kier molecular flexibility index (Phi) is 3.96. The molecule has 4 nitrogen and oxygen atoms in total. The van der Waals surface area contributed by atoms with E-state index >= 15 is 0 Å². The van der Waals surface area contributed by atoms with E-state index in [1.165, 1.54) is 12.1 Å². The van der Waals surface area contributed by atoms with Crippen LogP contribution >= 0.6 is 0 Å². The minimum absolute atomic E-state index is 0.0447. The Morgan fingerprint density at radius 1 is 1.35 bits per heavy atom. The summed E-state index contributed by atoms with van der Waals surface area (Å²) in [5, 5.41) is 5.20. The van der Waals surface area contributed by atoms with Crippen LogP contribution < -0.4 is 10.6 Å². The van der Waals surface area contributed by atoms with E-state index in [-0.39, 0.29) is 17.5 Å². The second kappa shape index (κ2) is 5.52. The van der Waals surface area contributed by atoms with Crippen LogP contribution in [-0.4, -0.2) is 24.4 Å². The minimum atomic E-state index is -4.48. The van der Waals surface area contributed by atoms with Crippen molar-refractivity contribution in [3.63, 3.8) is 0 Å². The van der Waals surface area contributed by atoms with Crippen LogP contribution in [0.3, 0.4) is 0 Å². The zero-order valence-electron chi connectivity index (χ0n) is 10.5. The first-order chi connectivity index (χ1) is 9.36. The van der Waals surface area contributed by atoms with E-state index in [9.17, 15) is 22.8 Å². The van der Waals surface area contributed by atoms with Crippen LogP contribution in [-0.2, 0) is 11.0 Å². The first kappa shape index (κ1) is 14.4. The highest BCUT2D eigenvalue weighted by Crippen LogP contribution is 2.29. The summed E-state index contributed by atoms with van der Waals surface area (Å²) in [6, 6.07) is 4.00. The number of nitrogens with one attached hydrogen (secondary N) is 2. The number of amides is 2. The number of hydrogen-bond donors (Lipinski definition) is 2. The van der Waals surface area contributed by atoms with Gasteiger partial charge in [0.1, 0.15) is 0 Å². The number of benzene rings is 1. The molecule has 0 saturated carbocycles. The maximum Gasteiger partial charge on any atom is 0.416 e. The van der Waals surface area contributed by atoms with Crippen molar-refractivity contribution >= 4 is 11.8 Å². The molecule has 1 atom stereocenters. The Labute approximate surface area is 113 Å². The molecule has 1 aliphatic heterocycles. The summed E-state index contributed by atoms with van der Waals surface area (Å²) in [4.78, 5) is 22.9. The number of alkyl halides is 3. The number of piperidine rings is 1. The van der Waals surface area contributed by atoms with E-state index in [4.69, 9.17) is 0 Å². The summed E-state index contributed by atoms with van der Waals surface area (Å²) >= 11 is 0. The maximum absolute atomic E-state index is 12.6. The number of halogens is 3. The first-order valence-corrected chi connectivity index (χ1v) is 6.11. The standard InChI is InChI=1S/C13H13F3N2O2/c14-13(15,16)9-3-1-2-8(6-9)12(20)18-10-4-5-11(19)17-7-10/h1-3,6,10H,4-5,7H2,(H,17,19)(H,18,20). The van der Waals surface area contributed by atoms with Gasteiger partial charge in [0.05, 0.1) is 5.56 Å². The highest BCUT2D eigenvalue weighted by Gasteiger charge is 2.31. The largest absolute Gasteiger partial charge is 0.416 e. The molecule has 108 valence electrons. The lowest BCUT2D eigenvalue weighted by Gasteiger charge is -2.23. The molecule has 0 radical (unpaired) electrons. The summed E-state index contributed by atoms with van der Waals surface area (Å²) in [6.07, 6.45) is -3.70. The number of carbonyl (C=O) groups is 2. The van der Waals surface area contributed by atoms with E-state index < -0.39 is 17.6 Å². The maximum atomic E-state index is 12.6. The monoisotopic (exact) mass is 286 g/mol. The predicted octanol–water partition coefficient (Wildman–Crippen LogP) is 1.71. The fourth-order valence-corrected chi connectivity index (χ4v) is 1.96. The highest BCUT2D eigenvalue weighted by atomic mass is 19.4. The van der Waals surface area contributed by atoms with Gasteiger partial charge in [0.2, 0.25) is 5.91 Å². The van der Waals surface area contributed by atoms with Gasteiger partial charge in [-0.1, -0.05) is 6.07 Å². The molecule has 1 fully saturated rings. The normalized spacial score (nSPS) is 19.4. The summed E-state index contributed by atoms with van der Waals surface area (Å²) in [7, 11) is 0. The molecule has 1 heterocycles. The van der Waals surface area contributed by atoms with Crippen LogP contribution in [0.5, 0.6) is 0 Å². The molecule has 1 aromatic rings. The van der Waals surface area contributed by atoms with Crippen molar-refractivity contribution in [3.05, 3.63) is 35.4 Å².